The molecule has 0 amide bonds. The standard InChI is InChI=1S/C8H15N/c1-4-7-9(6-3)8-5-2/h1H,5-8H2,2-3H3. The summed E-state index contributed by atoms with van der Waals surface area (Å²) < 4.78 is 0. The Kier molecular flexibility index (Phi) is 5.35. The average molecular weight is 125 g/mol. The fourth-order valence-electron chi connectivity index (χ4n) is 0.794. The van der Waals surface area contributed by atoms with Crippen LogP contribution in [0.3, 0.4) is 0 Å². The number of nitrogens with zero attached hydrogens (tertiary/aromatic N) is 1. The first kappa shape index (κ1) is 8.52. The highest BCUT2D eigenvalue weighted by Crippen LogP contribution is 1.87. The number of rotatable bonds is 4. The minimum absolute atomic E-state index is 0.796. The monoisotopic (exact) mass is 125 g/mol. The van der Waals surface area contributed by atoms with E-state index in [0.717, 1.165) is 19.6 Å². The maximum atomic E-state index is 5.14. The van der Waals surface area contributed by atoms with Crippen LogP contribution < -0.4 is 0 Å². The molecule has 52 valence electrons. The lowest BCUT2D eigenvalue weighted by Gasteiger charge is -2.14. The summed E-state index contributed by atoms with van der Waals surface area (Å²) >= 11 is 0. The van der Waals surface area contributed by atoms with Crippen molar-refractivity contribution >= 4 is 0 Å². The van der Waals surface area contributed by atoms with E-state index in [4.69, 9.17) is 6.42 Å². The predicted molar refractivity (Wildman–Crippen MR) is 41.2 cm³/mol. The molecular weight excluding hydrogens is 110 g/mol. The second-order valence-corrected chi connectivity index (χ2v) is 2.07. The van der Waals surface area contributed by atoms with Crippen LogP contribution in [0.1, 0.15) is 20.3 Å². The minimum Gasteiger partial charge on any atom is -0.293 e. The maximum Gasteiger partial charge on any atom is 0.0598 e. The molecule has 0 atom stereocenters. The zero-order valence-corrected chi connectivity index (χ0v) is 6.35. The van der Waals surface area contributed by atoms with Crippen LogP contribution >= 0.6 is 0 Å². The molecule has 0 aliphatic rings. The Bertz CT molecular complexity index is 91.2. The van der Waals surface area contributed by atoms with Gasteiger partial charge in [0.2, 0.25) is 0 Å². The van der Waals surface area contributed by atoms with Crippen molar-refractivity contribution in [3.63, 3.8) is 0 Å². The molecule has 1 heteroatoms. The summed E-state index contributed by atoms with van der Waals surface area (Å²) in [5.41, 5.74) is 0. The van der Waals surface area contributed by atoms with E-state index in [1.807, 2.05) is 0 Å². The first-order valence-electron chi connectivity index (χ1n) is 3.51. The van der Waals surface area contributed by atoms with Gasteiger partial charge in [0.1, 0.15) is 0 Å². The van der Waals surface area contributed by atoms with Gasteiger partial charge in [0.15, 0.2) is 0 Å². The molecule has 1 nitrogen and oxygen atoms in total. The van der Waals surface area contributed by atoms with Crippen molar-refractivity contribution in [2.45, 2.75) is 20.3 Å². The van der Waals surface area contributed by atoms with Crippen molar-refractivity contribution in [1.29, 1.82) is 0 Å². The van der Waals surface area contributed by atoms with Crippen LogP contribution in [0.15, 0.2) is 0 Å². The van der Waals surface area contributed by atoms with Crippen LogP contribution in [-0.2, 0) is 0 Å². The summed E-state index contributed by atoms with van der Waals surface area (Å²) in [6.07, 6.45) is 6.33. The maximum absolute atomic E-state index is 5.14. The number of terminal acetylenes is 1. The Hall–Kier alpha value is -0.480. The summed E-state index contributed by atoms with van der Waals surface area (Å²) in [6, 6.07) is 0. The van der Waals surface area contributed by atoms with Gasteiger partial charge in [-0.05, 0) is 19.5 Å². The van der Waals surface area contributed by atoms with Gasteiger partial charge in [0.25, 0.3) is 0 Å². The topological polar surface area (TPSA) is 3.24 Å². The van der Waals surface area contributed by atoms with Gasteiger partial charge in [-0.15, -0.1) is 6.42 Å². The van der Waals surface area contributed by atoms with E-state index in [9.17, 15) is 0 Å². The molecule has 0 aromatic rings. The van der Waals surface area contributed by atoms with Crippen LogP contribution in [0.4, 0.5) is 0 Å². The normalized spacial score (nSPS) is 9.56. The zero-order chi connectivity index (χ0) is 7.11. The van der Waals surface area contributed by atoms with Crippen molar-refractivity contribution in [3.8, 4) is 12.3 Å². The van der Waals surface area contributed by atoms with Gasteiger partial charge in [-0.2, -0.15) is 0 Å². The second kappa shape index (κ2) is 5.65. The van der Waals surface area contributed by atoms with Gasteiger partial charge < -0.3 is 0 Å². The Balaban J connectivity index is 3.32. The van der Waals surface area contributed by atoms with Crippen LogP contribution in [0.5, 0.6) is 0 Å². The van der Waals surface area contributed by atoms with E-state index in [2.05, 4.69) is 24.7 Å². The Morgan fingerprint density at radius 1 is 1.44 bits per heavy atom. The molecule has 9 heavy (non-hydrogen) atoms. The summed E-state index contributed by atoms with van der Waals surface area (Å²) in [6.45, 7) is 7.29. The largest absolute Gasteiger partial charge is 0.293 e. The molecule has 0 saturated carbocycles. The van der Waals surface area contributed by atoms with Crippen LogP contribution in [0.25, 0.3) is 0 Å². The van der Waals surface area contributed by atoms with Crippen LogP contribution in [0.2, 0.25) is 0 Å². The molecule has 0 rings (SSSR count). The van der Waals surface area contributed by atoms with Crippen molar-refractivity contribution in [2.24, 2.45) is 0 Å². The number of hydrogen-bond donors (Lipinski definition) is 0. The lowest BCUT2D eigenvalue weighted by molar-refractivity contribution is 0.324. The van der Waals surface area contributed by atoms with E-state index in [-0.39, 0.29) is 0 Å². The van der Waals surface area contributed by atoms with Gasteiger partial charge in [-0.1, -0.05) is 19.8 Å². The zero-order valence-electron chi connectivity index (χ0n) is 6.35. The van der Waals surface area contributed by atoms with Crippen molar-refractivity contribution < 1.29 is 0 Å². The lowest BCUT2D eigenvalue weighted by Crippen LogP contribution is -2.24. The smallest absolute Gasteiger partial charge is 0.0598 e. The van der Waals surface area contributed by atoms with Crippen molar-refractivity contribution in [1.82, 2.24) is 4.90 Å². The molecule has 0 bridgehead atoms. The highest BCUT2D eigenvalue weighted by molar-refractivity contribution is 4.87. The lowest BCUT2D eigenvalue weighted by atomic mass is 10.4. The Morgan fingerprint density at radius 3 is 2.44 bits per heavy atom. The van der Waals surface area contributed by atoms with Crippen LogP contribution in [0, 0.1) is 12.3 Å². The van der Waals surface area contributed by atoms with E-state index >= 15 is 0 Å². The van der Waals surface area contributed by atoms with E-state index in [0.29, 0.717) is 0 Å². The summed E-state index contributed by atoms with van der Waals surface area (Å²) in [5.74, 6) is 2.63. The SMILES string of the molecule is C#CCN(CC)CCC. The molecule has 0 unspecified atom stereocenters. The Morgan fingerprint density at radius 2 is 2.11 bits per heavy atom. The quantitative estimate of drug-likeness (QED) is 0.513. The molecule has 0 saturated heterocycles. The second-order valence-electron chi connectivity index (χ2n) is 2.07. The third-order valence-electron chi connectivity index (χ3n) is 1.30. The molecule has 0 heterocycles. The van der Waals surface area contributed by atoms with Gasteiger partial charge in [-0.3, -0.25) is 4.90 Å². The molecule has 0 aromatic carbocycles. The first-order valence-corrected chi connectivity index (χ1v) is 3.51. The van der Waals surface area contributed by atoms with Gasteiger partial charge in [0.05, 0.1) is 6.54 Å². The third-order valence-corrected chi connectivity index (χ3v) is 1.30. The average Bonchev–Trinajstić information content (AvgIpc) is 1.88. The molecule has 0 N–H and O–H groups in total. The fourth-order valence-corrected chi connectivity index (χ4v) is 0.794. The molecule has 0 aliphatic heterocycles. The molecule has 0 spiro atoms. The van der Waals surface area contributed by atoms with Gasteiger partial charge >= 0.3 is 0 Å². The highest BCUT2D eigenvalue weighted by Gasteiger charge is 1.94. The number of hydrogen-bond acceptors (Lipinski definition) is 1. The predicted octanol–water partition coefficient (Wildman–Crippen LogP) is 1.35. The highest BCUT2D eigenvalue weighted by atomic mass is 15.1. The van der Waals surface area contributed by atoms with Crippen molar-refractivity contribution in [2.75, 3.05) is 19.6 Å². The minimum atomic E-state index is 0.796. The summed E-state index contributed by atoms with van der Waals surface area (Å²) in [7, 11) is 0. The third kappa shape index (κ3) is 4.05. The van der Waals surface area contributed by atoms with Crippen molar-refractivity contribution in [3.05, 3.63) is 0 Å². The summed E-state index contributed by atoms with van der Waals surface area (Å²) in [4.78, 5) is 2.25. The molecule has 0 aromatic heterocycles. The fraction of sp³-hybridized carbons (Fsp3) is 0.750. The molecule has 0 fully saturated rings. The summed E-state index contributed by atoms with van der Waals surface area (Å²) in [5, 5.41) is 0. The van der Waals surface area contributed by atoms with E-state index in [1.165, 1.54) is 6.42 Å². The van der Waals surface area contributed by atoms with E-state index < -0.39 is 0 Å². The van der Waals surface area contributed by atoms with Crippen LogP contribution in [-0.4, -0.2) is 24.5 Å². The molecule has 0 aliphatic carbocycles. The van der Waals surface area contributed by atoms with Gasteiger partial charge in [0, 0.05) is 0 Å². The first-order chi connectivity index (χ1) is 4.35. The Labute approximate surface area is 58.1 Å². The van der Waals surface area contributed by atoms with Gasteiger partial charge in [-0.25, -0.2) is 0 Å². The molecular formula is C8H15N. The molecule has 0 radical (unpaired) electrons. The van der Waals surface area contributed by atoms with E-state index in [1.54, 1.807) is 0 Å².